The van der Waals surface area contributed by atoms with Gasteiger partial charge in [0.25, 0.3) is 0 Å². The molecule has 3 rings (SSSR count). The summed E-state index contributed by atoms with van der Waals surface area (Å²) in [6.07, 6.45) is 2.58. The normalized spacial score (nSPS) is 15.9. The lowest BCUT2D eigenvalue weighted by molar-refractivity contribution is -0.146. The van der Waals surface area contributed by atoms with E-state index in [-0.39, 0.29) is 11.9 Å². The molecule has 0 spiro atoms. The molecule has 1 heterocycles. The van der Waals surface area contributed by atoms with Crippen LogP contribution in [0.15, 0.2) is 47.5 Å². The average molecular weight is 353 g/mol. The van der Waals surface area contributed by atoms with Gasteiger partial charge in [0.2, 0.25) is 0 Å². The number of nitrogens with one attached hydrogen (secondary N) is 1. The highest BCUT2D eigenvalue weighted by molar-refractivity contribution is 5.86. The maximum atomic E-state index is 11.7. The Kier molecular flexibility index (Phi) is 6.10. The van der Waals surface area contributed by atoms with E-state index in [1.165, 1.54) is 23.4 Å². The van der Waals surface area contributed by atoms with Gasteiger partial charge in [-0.25, -0.2) is 0 Å². The topological polar surface area (TPSA) is 53.9 Å². The number of carbonyl (C=O) groups excluding carboxylic acids is 1. The fraction of sp³-hybridized carbons (Fsp3) is 0.429. The van der Waals surface area contributed by atoms with Crippen LogP contribution in [0.1, 0.15) is 18.4 Å². The lowest BCUT2D eigenvalue weighted by atomic mass is 9.97. The summed E-state index contributed by atoms with van der Waals surface area (Å²) >= 11 is 0. The van der Waals surface area contributed by atoms with Crippen molar-refractivity contribution in [1.29, 1.82) is 0 Å². The number of likely N-dealkylation sites (tertiary alicyclic amines) is 1. The second-order valence-electron chi connectivity index (χ2n) is 6.65. The minimum atomic E-state index is -0.0939. The minimum absolute atomic E-state index is 0.0186. The molecular weight excluding hydrogens is 326 g/mol. The number of nitrogens with zero attached hydrogens (tertiary/aromatic N) is 2. The predicted octanol–water partition coefficient (Wildman–Crippen LogP) is 2.84. The molecule has 26 heavy (non-hydrogen) atoms. The van der Waals surface area contributed by atoms with Crippen LogP contribution in [0.3, 0.4) is 0 Å². The van der Waals surface area contributed by atoms with Gasteiger partial charge in [0.05, 0.1) is 13.0 Å². The van der Waals surface area contributed by atoms with Crippen molar-refractivity contribution in [1.82, 2.24) is 10.2 Å². The minimum Gasteiger partial charge on any atom is -0.469 e. The van der Waals surface area contributed by atoms with E-state index in [2.05, 4.69) is 57.7 Å². The van der Waals surface area contributed by atoms with E-state index in [9.17, 15) is 4.79 Å². The number of carbonyl (C=O) groups is 1. The van der Waals surface area contributed by atoms with Crippen LogP contribution in [0.4, 0.5) is 0 Å². The van der Waals surface area contributed by atoms with Crippen molar-refractivity contribution >= 4 is 22.7 Å². The van der Waals surface area contributed by atoms with Crippen LogP contribution in [-0.2, 0) is 16.0 Å². The second-order valence-corrected chi connectivity index (χ2v) is 6.65. The summed E-state index contributed by atoms with van der Waals surface area (Å²) in [6.45, 7) is 2.49. The first-order valence-electron chi connectivity index (χ1n) is 9.23. The number of rotatable bonds is 4. The zero-order chi connectivity index (χ0) is 18.4. The third kappa shape index (κ3) is 4.15. The molecule has 1 saturated heterocycles. The van der Waals surface area contributed by atoms with Crippen LogP contribution in [0.5, 0.6) is 0 Å². The molecule has 0 amide bonds. The van der Waals surface area contributed by atoms with Gasteiger partial charge < -0.3 is 15.0 Å². The van der Waals surface area contributed by atoms with Gasteiger partial charge in [-0.05, 0) is 35.6 Å². The summed E-state index contributed by atoms with van der Waals surface area (Å²) in [4.78, 5) is 18.3. The number of ether oxygens (including phenoxy) is 1. The molecule has 1 aliphatic rings. The van der Waals surface area contributed by atoms with Crippen molar-refractivity contribution < 1.29 is 9.53 Å². The Bertz CT molecular complexity index is 774. The van der Waals surface area contributed by atoms with Crippen molar-refractivity contribution in [3.8, 4) is 0 Å². The molecule has 0 bridgehead atoms. The maximum absolute atomic E-state index is 11.7. The smallest absolute Gasteiger partial charge is 0.308 e. The molecule has 2 aromatic carbocycles. The first kappa shape index (κ1) is 18.2. The standard InChI is InChI=1S/C21H27N3O2/c1-22-21(24-14-11-18(12-15-24)20(25)26-2)23-13-10-17-8-5-7-16-6-3-4-9-19(16)17/h3-9,18H,10-15H2,1-2H3,(H,22,23). The largest absolute Gasteiger partial charge is 0.469 e. The average Bonchev–Trinajstić information content (AvgIpc) is 2.71. The molecule has 2 aromatic rings. The van der Waals surface area contributed by atoms with Crippen LogP contribution in [0.2, 0.25) is 0 Å². The summed E-state index contributed by atoms with van der Waals surface area (Å²) in [5, 5.41) is 6.06. The molecule has 1 fully saturated rings. The van der Waals surface area contributed by atoms with Gasteiger partial charge in [0.15, 0.2) is 5.96 Å². The highest BCUT2D eigenvalue weighted by Crippen LogP contribution is 2.20. The fourth-order valence-corrected chi connectivity index (χ4v) is 3.65. The molecule has 0 atom stereocenters. The molecule has 0 aliphatic carbocycles. The third-order valence-corrected chi connectivity index (χ3v) is 5.10. The molecule has 1 N–H and O–H groups in total. The van der Waals surface area contributed by atoms with Crippen LogP contribution in [0, 0.1) is 5.92 Å². The zero-order valence-corrected chi connectivity index (χ0v) is 15.6. The van der Waals surface area contributed by atoms with Crippen molar-refractivity contribution in [2.24, 2.45) is 10.9 Å². The Hall–Kier alpha value is -2.56. The van der Waals surface area contributed by atoms with E-state index in [1.807, 2.05) is 7.05 Å². The number of hydrogen-bond donors (Lipinski definition) is 1. The van der Waals surface area contributed by atoms with E-state index >= 15 is 0 Å². The van der Waals surface area contributed by atoms with Crippen molar-refractivity contribution in [3.63, 3.8) is 0 Å². The fourth-order valence-electron chi connectivity index (χ4n) is 3.65. The predicted molar refractivity (Wildman–Crippen MR) is 105 cm³/mol. The Labute approximate surface area is 155 Å². The Morgan fingerprint density at radius 2 is 1.92 bits per heavy atom. The van der Waals surface area contributed by atoms with Crippen LogP contribution < -0.4 is 5.32 Å². The zero-order valence-electron chi connectivity index (χ0n) is 15.6. The lowest BCUT2D eigenvalue weighted by Crippen LogP contribution is -2.47. The molecule has 5 heteroatoms. The van der Waals surface area contributed by atoms with E-state index in [4.69, 9.17) is 4.74 Å². The van der Waals surface area contributed by atoms with E-state index in [0.29, 0.717) is 0 Å². The Balaban J connectivity index is 1.54. The van der Waals surface area contributed by atoms with Gasteiger partial charge in [0, 0.05) is 26.7 Å². The highest BCUT2D eigenvalue weighted by atomic mass is 16.5. The second kappa shape index (κ2) is 8.70. The molecule has 0 saturated carbocycles. The summed E-state index contributed by atoms with van der Waals surface area (Å²) in [7, 11) is 3.27. The van der Waals surface area contributed by atoms with Crippen LogP contribution in [-0.4, -0.2) is 50.6 Å². The monoisotopic (exact) mass is 353 g/mol. The van der Waals surface area contributed by atoms with Crippen molar-refractivity contribution in [2.45, 2.75) is 19.3 Å². The summed E-state index contributed by atoms with van der Waals surface area (Å²) in [5.74, 6) is 0.835. The number of esters is 1. The van der Waals surface area contributed by atoms with Gasteiger partial charge in [-0.1, -0.05) is 42.5 Å². The number of hydrogen-bond acceptors (Lipinski definition) is 3. The van der Waals surface area contributed by atoms with E-state index in [0.717, 1.165) is 44.9 Å². The van der Waals surface area contributed by atoms with Gasteiger partial charge in [-0.15, -0.1) is 0 Å². The van der Waals surface area contributed by atoms with E-state index in [1.54, 1.807) is 0 Å². The SMILES string of the molecule is CN=C(NCCc1cccc2ccccc12)N1CCC(C(=O)OC)CC1. The molecular formula is C21H27N3O2. The summed E-state index contributed by atoms with van der Waals surface area (Å²) in [6, 6.07) is 14.9. The highest BCUT2D eigenvalue weighted by Gasteiger charge is 2.26. The molecule has 0 aromatic heterocycles. The maximum Gasteiger partial charge on any atom is 0.308 e. The van der Waals surface area contributed by atoms with E-state index < -0.39 is 0 Å². The lowest BCUT2D eigenvalue weighted by Gasteiger charge is -2.33. The molecule has 0 unspecified atom stereocenters. The Morgan fingerprint density at radius 3 is 2.65 bits per heavy atom. The van der Waals surface area contributed by atoms with Gasteiger partial charge in [0.1, 0.15) is 0 Å². The summed E-state index contributed by atoms with van der Waals surface area (Å²) in [5.41, 5.74) is 1.34. The van der Waals surface area contributed by atoms with Gasteiger partial charge >= 0.3 is 5.97 Å². The van der Waals surface area contributed by atoms with Gasteiger partial charge in [-0.2, -0.15) is 0 Å². The number of guanidine groups is 1. The third-order valence-electron chi connectivity index (χ3n) is 5.10. The van der Waals surface area contributed by atoms with Crippen LogP contribution in [0.25, 0.3) is 10.8 Å². The van der Waals surface area contributed by atoms with Crippen molar-refractivity contribution in [3.05, 3.63) is 48.0 Å². The van der Waals surface area contributed by atoms with Crippen molar-refractivity contribution in [2.75, 3.05) is 33.8 Å². The first-order valence-corrected chi connectivity index (χ1v) is 9.23. The number of methoxy groups -OCH3 is 1. The number of aliphatic imine (C=N–C) groups is 1. The van der Waals surface area contributed by atoms with Crippen LogP contribution >= 0.6 is 0 Å². The molecule has 1 aliphatic heterocycles. The number of fused-ring (bicyclic) bond motifs is 1. The Morgan fingerprint density at radius 1 is 1.19 bits per heavy atom. The molecule has 5 nitrogen and oxygen atoms in total. The van der Waals surface area contributed by atoms with Gasteiger partial charge in [-0.3, -0.25) is 9.79 Å². The number of piperidine rings is 1. The number of benzene rings is 2. The molecule has 0 radical (unpaired) electrons. The molecule has 138 valence electrons. The quantitative estimate of drug-likeness (QED) is 0.522. The summed E-state index contributed by atoms with van der Waals surface area (Å²) < 4.78 is 4.86. The first-order chi connectivity index (χ1) is 12.7.